The first-order valence-electron chi connectivity index (χ1n) is 12.2. The number of rotatable bonds is 4. The molecule has 182 valence electrons. The molecule has 1 aliphatic heterocycles. The van der Waals surface area contributed by atoms with Crippen molar-refractivity contribution in [3.05, 3.63) is 100 Å². The molecule has 5 heteroatoms. The van der Waals surface area contributed by atoms with Crippen LogP contribution in [0.1, 0.15) is 66.7 Å². The fourth-order valence-electron chi connectivity index (χ4n) is 4.83. The van der Waals surface area contributed by atoms with Crippen molar-refractivity contribution in [1.29, 1.82) is 0 Å². The number of halogens is 1. The van der Waals surface area contributed by atoms with E-state index in [-0.39, 0.29) is 29.2 Å². The van der Waals surface area contributed by atoms with Gasteiger partial charge in [-0.25, -0.2) is 0 Å². The molecule has 0 saturated carbocycles. The van der Waals surface area contributed by atoms with Crippen LogP contribution in [0.25, 0.3) is 0 Å². The maximum atomic E-state index is 13.7. The van der Waals surface area contributed by atoms with E-state index in [1.165, 1.54) is 0 Å². The molecule has 0 radical (unpaired) electrons. The maximum absolute atomic E-state index is 13.7. The minimum atomic E-state index is -0.378. The van der Waals surface area contributed by atoms with Crippen LogP contribution in [0.3, 0.4) is 0 Å². The first-order valence-corrected chi connectivity index (χ1v) is 12.6. The topological polar surface area (TPSA) is 49.4 Å². The second-order valence-corrected chi connectivity index (χ2v) is 10.7. The van der Waals surface area contributed by atoms with E-state index in [4.69, 9.17) is 11.6 Å². The minimum Gasteiger partial charge on any atom is -0.331 e. The molecular formula is C30H33ClN2O2. The van der Waals surface area contributed by atoms with Crippen LogP contribution in [-0.4, -0.2) is 23.3 Å². The van der Waals surface area contributed by atoms with Crippen molar-refractivity contribution in [2.45, 2.75) is 52.0 Å². The highest BCUT2D eigenvalue weighted by Crippen LogP contribution is 2.39. The minimum absolute atomic E-state index is 0.0194. The van der Waals surface area contributed by atoms with Crippen LogP contribution in [0.5, 0.6) is 0 Å². The summed E-state index contributed by atoms with van der Waals surface area (Å²) in [4.78, 5) is 29.2. The van der Waals surface area contributed by atoms with Gasteiger partial charge in [-0.2, -0.15) is 0 Å². The Hall–Kier alpha value is -3.11. The number of hydrogen-bond acceptors (Lipinski definition) is 2. The van der Waals surface area contributed by atoms with Crippen LogP contribution in [0.15, 0.2) is 72.8 Å². The van der Waals surface area contributed by atoms with Crippen LogP contribution < -0.4 is 5.32 Å². The molecule has 0 aromatic heterocycles. The molecule has 0 unspecified atom stereocenters. The number of benzene rings is 3. The summed E-state index contributed by atoms with van der Waals surface area (Å²) in [6.07, 6.45) is 1.45. The van der Waals surface area contributed by atoms with Gasteiger partial charge in [0.05, 0.1) is 22.5 Å². The molecule has 35 heavy (non-hydrogen) atoms. The SMILES string of the molecule is Cc1cccc(C(=O)N2CCC[C@H](C(=O)Nc3cccc(C(C)(C)C)c3)[C@@H]2c2ccccc2)c1Cl. The fourth-order valence-corrected chi connectivity index (χ4v) is 5.03. The van der Waals surface area contributed by atoms with Gasteiger partial charge in [-0.15, -0.1) is 0 Å². The van der Waals surface area contributed by atoms with Gasteiger partial charge in [0.15, 0.2) is 0 Å². The van der Waals surface area contributed by atoms with Crippen LogP contribution in [0.4, 0.5) is 5.69 Å². The molecular weight excluding hydrogens is 456 g/mol. The molecule has 0 bridgehead atoms. The molecule has 4 nitrogen and oxygen atoms in total. The van der Waals surface area contributed by atoms with Gasteiger partial charge < -0.3 is 10.2 Å². The highest BCUT2D eigenvalue weighted by molar-refractivity contribution is 6.34. The Labute approximate surface area is 213 Å². The van der Waals surface area contributed by atoms with Crippen molar-refractivity contribution >= 4 is 29.1 Å². The molecule has 2 amide bonds. The molecule has 1 saturated heterocycles. The van der Waals surface area contributed by atoms with E-state index < -0.39 is 0 Å². The lowest BCUT2D eigenvalue weighted by Gasteiger charge is -2.41. The monoisotopic (exact) mass is 488 g/mol. The van der Waals surface area contributed by atoms with Crippen LogP contribution in [-0.2, 0) is 10.2 Å². The summed E-state index contributed by atoms with van der Waals surface area (Å²) in [5, 5.41) is 3.61. The Balaban J connectivity index is 1.68. The predicted molar refractivity (Wildman–Crippen MR) is 143 cm³/mol. The number of aryl methyl sites for hydroxylation is 1. The Kier molecular flexibility index (Phi) is 7.32. The molecule has 2 atom stereocenters. The smallest absolute Gasteiger partial charge is 0.255 e. The lowest BCUT2D eigenvalue weighted by atomic mass is 9.83. The summed E-state index contributed by atoms with van der Waals surface area (Å²) in [5.74, 6) is -0.588. The van der Waals surface area contributed by atoms with E-state index in [9.17, 15) is 9.59 Å². The summed E-state index contributed by atoms with van der Waals surface area (Å²) in [5.41, 5.74) is 4.20. The predicted octanol–water partition coefficient (Wildman–Crippen LogP) is 7.18. The molecule has 3 aromatic carbocycles. The van der Waals surface area contributed by atoms with Crippen molar-refractivity contribution in [3.8, 4) is 0 Å². The number of anilines is 1. The van der Waals surface area contributed by atoms with E-state index in [1.54, 1.807) is 6.07 Å². The Bertz CT molecular complexity index is 1220. The zero-order valence-electron chi connectivity index (χ0n) is 20.8. The quantitative estimate of drug-likeness (QED) is 0.423. The fraction of sp³-hybridized carbons (Fsp3) is 0.333. The van der Waals surface area contributed by atoms with E-state index in [0.717, 1.165) is 28.8 Å². The zero-order valence-corrected chi connectivity index (χ0v) is 21.6. The average molecular weight is 489 g/mol. The highest BCUT2D eigenvalue weighted by atomic mass is 35.5. The lowest BCUT2D eigenvalue weighted by molar-refractivity contribution is -0.123. The van der Waals surface area contributed by atoms with Crippen LogP contribution in [0, 0.1) is 12.8 Å². The number of piperidine rings is 1. The van der Waals surface area contributed by atoms with Gasteiger partial charge in [-0.3, -0.25) is 9.59 Å². The second-order valence-electron chi connectivity index (χ2n) is 10.4. The van der Waals surface area contributed by atoms with E-state index in [1.807, 2.05) is 72.5 Å². The number of likely N-dealkylation sites (tertiary alicyclic amines) is 1. The van der Waals surface area contributed by atoms with Crippen LogP contribution in [0.2, 0.25) is 5.02 Å². The van der Waals surface area contributed by atoms with Gasteiger partial charge in [0.1, 0.15) is 0 Å². The summed E-state index contributed by atoms with van der Waals surface area (Å²) in [6.45, 7) is 8.93. The maximum Gasteiger partial charge on any atom is 0.255 e. The largest absolute Gasteiger partial charge is 0.331 e. The number of nitrogens with one attached hydrogen (secondary N) is 1. The van der Waals surface area contributed by atoms with Crippen molar-refractivity contribution in [2.24, 2.45) is 5.92 Å². The normalized spacial score (nSPS) is 18.3. The Morgan fingerprint density at radius 3 is 2.40 bits per heavy atom. The standard InChI is InChI=1S/C30H33ClN2O2/c1-20-11-8-16-24(26(20)31)29(35)33-18-10-17-25(27(33)21-12-6-5-7-13-21)28(34)32-23-15-9-14-22(19-23)30(2,3)4/h5-9,11-16,19,25,27H,10,17-18H2,1-4H3,(H,32,34)/t25-,27-/m0/s1. The molecule has 1 N–H and O–H groups in total. The van der Waals surface area contributed by atoms with Gasteiger partial charge in [0.2, 0.25) is 5.91 Å². The average Bonchev–Trinajstić information content (AvgIpc) is 2.85. The third-order valence-corrected chi connectivity index (χ3v) is 7.29. The third kappa shape index (κ3) is 5.43. The van der Waals surface area contributed by atoms with Gasteiger partial charge in [-0.05, 0) is 60.1 Å². The number of nitrogens with zero attached hydrogens (tertiary/aromatic N) is 1. The second kappa shape index (κ2) is 10.2. The molecule has 0 aliphatic carbocycles. The number of carbonyl (C=O) groups excluding carboxylic acids is 2. The zero-order chi connectivity index (χ0) is 25.2. The lowest BCUT2D eigenvalue weighted by Crippen LogP contribution is -2.46. The van der Waals surface area contributed by atoms with Crippen molar-refractivity contribution < 1.29 is 9.59 Å². The van der Waals surface area contributed by atoms with Crippen molar-refractivity contribution in [1.82, 2.24) is 4.90 Å². The first kappa shape index (κ1) is 25.0. The van der Waals surface area contributed by atoms with Crippen LogP contribution >= 0.6 is 11.6 Å². The Morgan fingerprint density at radius 1 is 0.971 bits per heavy atom. The highest BCUT2D eigenvalue weighted by Gasteiger charge is 2.40. The number of carbonyl (C=O) groups is 2. The molecule has 1 fully saturated rings. The van der Waals surface area contributed by atoms with Gasteiger partial charge in [-0.1, -0.05) is 87.0 Å². The van der Waals surface area contributed by atoms with E-state index in [0.29, 0.717) is 23.6 Å². The van der Waals surface area contributed by atoms with E-state index in [2.05, 4.69) is 32.2 Å². The third-order valence-electron chi connectivity index (χ3n) is 6.79. The van der Waals surface area contributed by atoms with Gasteiger partial charge >= 0.3 is 0 Å². The summed E-state index contributed by atoms with van der Waals surface area (Å²) < 4.78 is 0. The molecule has 0 spiro atoms. The Morgan fingerprint density at radius 2 is 1.69 bits per heavy atom. The molecule has 3 aromatic rings. The van der Waals surface area contributed by atoms with Crippen molar-refractivity contribution in [2.75, 3.05) is 11.9 Å². The van der Waals surface area contributed by atoms with Gasteiger partial charge in [0, 0.05) is 12.2 Å². The number of hydrogen-bond donors (Lipinski definition) is 1. The van der Waals surface area contributed by atoms with E-state index >= 15 is 0 Å². The van der Waals surface area contributed by atoms with Crippen molar-refractivity contribution in [3.63, 3.8) is 0 Å². The summed E-state index contributed by atoms with van der Waals surface area (Å²) in [7, 11) is 0. The van der Waals surface area contributed by atoms with Gasteiger partial charge in [0.25, 0.3) is 5.91 Å². The summed E-state index contributed by atoms with van der Waals surface area (Å²) in [6, 6.07) is 23.0. The summed E-state index contributed by atoms with van der Waals surface area (Å²) >= 11 is 6.53. The first-order chi connectivity index (χ1) is 16.7. The number of amides is 2. The molecule has 1 heterocycles. The molecule has 1 aliphatic rings. The molecule has 4 rings (SSSR count).